The van der Waals surface area contributed by atoms with Gasteiger partial charge < -0.3 is 5.11 Å². The summed E-state index contributed by atoms with van der Waals surface area (Å²) in [5.74, 6) is -0.855. The molecule has 104 valence electrons. The number of carboxylic acid groups (broad SMARTS) is 1. The van der Waals surface area contributed by atoms with Gasteiger partial charge in [-0.05, 0) is 19.9 Å². The average Bonchev–Trinajstić information content (AvgIpc) is 2.17. The van der Waals surface area contributed by atoms with Crippen LogP contribution in [-0.4, -0.2) is 56.3 Å². The lowest BCUT2D eigenvalue weighted by molar-refractivity contribution is -0.138. The van der Waals surface area contributed by atoms with E-state index in [0.29, 0.717) is 13.1 Å². The summed E-state index contributed by atoms with van der Waals surface area (Å²) in [6.45, 7) is 4.78. The van der Waals surface area contributed by atoms with E-state index < -0.39 is 16.0 Å². The molecule has 0 bridgehead atoms. The molecule has 0 aromatic heterocycles. The number of hydrogen-bond acceptors (Lipinski definition) is 4. The predicted molar refractivity (Wildman–Crippen MR) is 69.1 cm³/mol. The summed E-state index contributed by atoms with van der Waals surface area (Å²) < 4.78 is 24.6. The molecule has 0 radical (unpaired) electrons. The van der Waals surface area contributed by atoms with Crippen molar-refractivity contribution in [2.24, 2.45) is 0 Å². The Morgan fingerprint density at radius 3 is 2.29 bits per heavy atom. The lowest BCUT2D eigenvalue weighted by Crippen LogP contribution is -2.38. The summed E-state index contributed by atoms with van der Waals surface area (Å²) in [5.41, 5.74) is 0. The fraction of sp³-hybridized carbons (Fsp3) is 0.889. The first-order chi connectivity index (χ1) is 7.41. The molecule has 0 heterocycles. The summed E-state index contributed by atoms with van der Waals surface area (Å²) in [6, 6.07) is 0. The summed E-state index contributed by atoms with van der Waals surface area (Å²) in [7, 11) is -3.18. The third kappa shape index (κ3) is 10.5. The van der Waals surface area contributed by atoms with Crippen molar-refractivity contribution in [3.63, 3.8) is 0 Å². The Kier molecular flexibility index (Phi) is 10.8. The maximum Gasteiger partial charge on any atom is 0.317 e. The van der Waals surface area contributed by atoms with E-state index in [1.165, 1.54) is 0 Å². The van der Waals surface area contributed by atoms with Crippen molar-refractivity contribution in [3.8, 4) is 0 Å². The molecule has 17 heavy (non-hydrogen) atoms. The molecule has 0 aromatic rings. The maximum atomic E-state index is 11.1. The highest BCUT2D eigenvalue weighted by atomic mass is 35.5. The molecule has 0 unspecified atom stereocenters. The van der Waals surface area contributed by atoms with E-state index in [1.54, 1.807) is 11.8 Å². The van der Waals surface area contributed by atoms with Gasteiger partial charge in [0, 0.05) is 13.1 Å². The molecule has 0 amide bonds. The van der Waals surface area contributed by atoms with E-state index >= 15 is 0 Å². The predicted octanol–water partition coefficient (Wildman–Crippen LogP) is 0.144. The molecule has 0 saturated carbocycles. The SMILES string of the molecule is CCCN(CCNS(=O)(=O)CC)CC(=O)O.Cl. The van der Waals surface area contributed by atoms with Gasteiger partial charge in [-0.15, -0.1) is 12.4 Å². The average molecular weight is 289 g/mol. The van der Waals surface area contributed by atoms with E-state index in [0.717, 1.165) is 6.42 Å². The van der Waals surface area contributed by atoms with Crippen LogP contribution >= 0.6 is 12.4 Å². The topological polar surface area (TPSA) is 86.7 Å². The summed E-state index contributed by atoms with van der Waals surface area (Å²) in [4.78, 5) is 12.2. The number of rotatable bonds is 9. The zero-order chi connectivity index (χ0) is 12.6. The van der Waals surface area contributed by atoms with Gasteiger partial charge in [-0.3, -0.25) is 9.69 Å². The minimum Gasteiger partial charge on any atom is -0.480 e. The van der Waals surface area contributed by atoms with Crippen LogP contribution in [0, 0.1) is 0 Å². The molecule has 0 saturated heterocycles. The van der Waals surface area contributed by atoms with Crippen LogP contribution in [0.5, 0.6) is 0 Å². The zero-order valence-corrected chi connectivity index (χ0v) is 11.8. The Hall–Kier alpha value is -0.370. The van der Waals surface area contributed by atoms with Gasteiger partial charge in [-0.25, -0.2) is 13.1 Å². The molecule has 0 aliphatic heterocycles. The van der Waals surface area contributed by atoms with Crippen molar-refractivity contribution in [2.45, 2.75) is 20.3 Å². The van der Waals surface area contributed by atoms with Crippen LogP contribution in [0.25, 0.3) is 0 Å². The van der Waals surface area contributed by atoms with Crippen LogP contribution in [0.2, 0.25) is 0 Å². The van der Waals surface area contributed by atoms with Gasteiger partial charge in [0.1, 0.15) is 0 Å². The first-order valence-electron chi connectivity index (χ1n) is 5.32. The fourth-order valence-corrected chi connectivity index (χ4v) is 1.85. The maximum absolute atomic E-state index is 11.1. The highest BCUT2D eigenvalue weighted by Crippen LogP contribution is 1.91. The number of hydrogen-bond donors (Lipinski definition) is 2. The second-order valence-electron chi connectivity index (χ2n) is 3.47. The summed E-state index contributed by atoms with van der Waals surface area (Å²) in [5, 5.41) is 8.64. The van der Waals surface area contributed by atoms with Crippen LogP contribution in [0.15, 0.2) is 0 Å². The number of nitrogens with one attached hydrogen (secondary N) is 1. The first kappa shape index (κ1) is 19.0. The third-order valence-electron chi connectivity index (χ3n) is 2.03. The molecule has 0 atom stereocenters. The van der Waals surface area contributed by atoms with Crippen molar-refractivity contribution in [1.82, 2.24) is 9.62 Å². The van der Waals surface area contributed by atoms with Crippen molar-refractivity contribution in [3.05, 3.63) is 0 Å². The van der Waals surface area contributed by atoms with Gasteiger partial charge >= 0.3 is 5.97 Å². The highest BCUT2D eigenvalue weighted by molar-refractivity contribution is 7.89. The van der Waals surface area contributed by atoms with Crippen LogP contribution < -0.4 is 4.72 Å². The van der Waals surface area contributed by atoms with Crippen LogP contribution in [-0.2, 0) is 14.8 Å². The Labute approximate surface area is 109 Å². The van der Waals surface area contributed by atoms with Crippen molar-refractivity contribution < 1.29 is 18.3 Å². The lowest BCUT2D eigenvalue weighted by atomic mass is 10.4. The summed E-state index contributed by atoms with van der Waals surface area (Å²) >= 11 is 0. The van der Waals surface area contributed by atoms with E-state index in [4.69, 9.17) is 5.11 Å². The van der Waals surface area contributed by atoms with Gasteiger partial charge in [-0.1, -0.05) is 6.92 Å². The molecule has 0 fully saturated rings. The molecule has 0 spiro atoms. The second-order valence-corrected chi connectivity index (χ2v) is 5.56. The number of carboxylic acids is 1. The quantitative estimate of drug-likeness (QED) is 0.630. The molecule has 8 heteroatoms. The Bertz CT molecular complexity index is 308. The van der Waals surface area contributed by atoms with E-state index in [2.05, 4.69) is 4.72 Å². The van der Waals surface area contributed by atoms with Crippen LogP contribution in [0.3, 0.4) is 0 Å². The monoisotopic (exact) mass is 288 g/mol. The molecular weight excluding hydrogens is 268 g/mol. The van der Waals surface area contributed by atoms with Gasteiger partial charge in [0.2, 0.25) is 10.0 Å². The number of halogens is 1. The van der Waals surface area contributed by atoms with Gasteiger partial charge in [-0.2, -0.15) is 0 Å². The minimum absolute atomic E-state index is 0. The van der Waals surface area contributed by atoms with Crippen molar-refractivity contribution in [1.29, 1.82) is 0 Å². The molecule has 2 N–H and O–H groups in total. The number of carbonyl (C=O) groups is 1. The summed E-state index contributed by atoms with van der Waals surface area (Å²) in [6.07, 6.45) is 0.841. The molecule has 0 aliphatic carbocycles. The van der Waals surface area contributed by atoms with Crippen LogP contribution in [0.1, 0.15) is 20.3 Å². The highest BCUT2D eigenvalue weighted by Gasteiger charge is 2.10. The normalized spacial score (nSPS) is 11.2. The number of aliphatic carboxylic acids is 1. The second kappa shape index (κ2) is 9.64. The Morgan fingerprint density at radius 2 is 1.88 bits per heavy atom. The Morgan fingerprint density at radius 1 is 1.29 bits per heavy atom. The lowest BCUT2D eigenvalue weighted by Gasteiger charge is -2.19. The molecule has 6 nitrogen and oxygen atoms in total. The number of sulfonamides is 1. The molecular formula is C9H21ClN2O4S. The van der Waals surface area contributed by atoms with Crippen LogP contribution in [0.4, 0.5) is 0 Å². The smallest absolute Gasteiger partial charge is 0.317 e. The number of nitrogens with zero attached hydrogens (tertiary/aromatic N) is 1. The van der Waals surface area contributed by atoms with Gasteiger partial charge in [0.15, 0.2) is 0 Å². The molecule has 0 aliphatic rings. The van der Waals surface area contributed by atoms with E-state index in [-0.39, 0.29) is 31.2 Å². The van der Waals surface area contributed by atoms with Gasteiger partial charge in [0.05, 0.1) is 12.3 Å². The third-order valence-corrected chi connectivity index (χ3v) is 3.43. The van der Waals surface area contributed by atoms with Crippen molar-refractivity contribution in [2.75, 3.05) is 31.9 Å². The molecule has 0 aromatic carbocycles. The fourth-order valence-electron chi connectivity index (χ4n) is 1.24. The largest absolute Gasteiger partial charge is 0.480 e. The first-order valence-corrected chi connectivity index (χ1v) is 6.98. The molecule has 0 rings (SSSR count). The zero-order valence-electron chi connectivity index (χ0n) is 10.2. The minimum atomic E-state index is -3.18. The Balaban J connectivity index is 0. The van der Waals surface area contributed by atoms with Gasteiger partial charge in [0.25, 0.3) is 0 Å². The standard InChI is InChI=1S/C9H20N2O4S.ClH/c1-3-6-11(8-9(12)13)7-5-10-16(14,15)4-2;/h10H,3-8H2,1-2H3,(H,12,13);1H. The van der Waals surface area contributed by atoms with E-state index in [1.807, 2.05) is 6.92 Å². The van der Waals surface area contributed by atoms with E-state index in [9.17, 15) is 13.2 Å². The van der Waals surface area contributed by atoms with Crippen molar-refractivity contribution >= 4 is 28.4 Å².